The number of aromatic nitrogens is 1. The molecule has 1 aromatic heterocycles. The summed E-state index contributed by atoms with van der Waals surface area (Å²) in [4.78, 5) is 5.88. The number of nitrogens with zero attached hydrogens (tertiary/aromatic N) is 1. The minimum Gasteiger partial charge on any atom is -0.312 e. The second kappa shape index (κ2) is 6.23. The van der Waals surface area contributed by atoms with Crippen molar-refractivity contribution in [1.82, 2.24) is 10.3 Å². The van der Waals surface area contributed by atoms with Crippen LogP contribution in [0.5, 0.6) is 0 Å². The molecule has 0 bridgehead atoms. The highest BCUT2D eigenvalue weighted by Crippen LogP contribution is 2.31. The first-order valence-corrected chi connectivity index (χ1v) is 7.66. The Morgan fingerprint density at radius 1 is 1.32 bits per heavy atom. The Morgan fingerprint density at radius 3 is 2.53 bits per heavy atom. The van der Waals surface area contributed by atoms with E-state index in [0.29, 0.717) is 22.5 Å². The normalized spacial score (nSPS) is 12.7. The van der Waals surface area contributed by atoms with Crippen molar-refractivity contribution in [3.05, 3.63) is 49.4 Å². The fraction of sp³-hybridized carbons (Fsp3) is 0.357. The molecule has 0 radical (unpaired) electrons. The Labute approximate surface area is 127 Å². The van der Waals surface area contributed by atoms with E-state index >= 15 is 0 Å². The molecular formula is C14H16Cl2N2S. The Kier molecular flexibility index (Phi) is 4.85. The maximum atomic E-state index is 6.20. The van der Waals surface area contributed by atoms with Crippen molar-refractivity contribution in [1.29, 1.82) is 0 Å². The van der Waals surface area contributed by atoms with Crippen molar-refractivity contribution in [2.75, 3.05) is 7.05 Å². The highest BCUT2D eigenvalue weighted by atomic mass is 35.5. The summed E-state index contributed by atoms with van der Waals surface area (Å²) in [6, 6.07) is 5.89. The zero-order valence-electron chi connectivity index (χ0n) is 11.1. The standard InChI is InChI=1S/C14H16Cl2N2S/c1-8(17-3)14-9(2)18-13(19-14)7-10-11(15)5-4-6-12(10)16/h4-6,8,17H,7H2,1-3H3. The van der Waals surface area contributed by atoms with Crippen molar-refractivity contribution in [2.45, 2.75) is 26.3 Å². The van der Waals surface area contributed by atoms with E-state index in [1.807, 2.05) is 32.2 Å². The molecule has 1 N–H and O–H groups in total. The van der Waals surface area contributed by atoms with Gasteiger partial charge in [0.25, 0.3) is 0 Å². The second-order valence-electron chi connectivity index (χ2n) is 4.44. The molecule has 0 amide bonds. The van der Waals surface area contributed by atoms with Crippen LogP contribution in [0.3, 0.4) is 0 Å². The quantitative estimate of drug-likeness (QED) is 0.890. The van der Waals surface area contributed by atoms with Crippen LogP contribution in [0, 0.1) is 6.92 Å². The average Bonchev–Trinajstić information content (AvgIpc) is 2.74. The molecule has 0 saturated carbocycles. The van der Waals surface area contributed by atoms with Gasteiger partial charge in [-0.1, -0.05) is 29.3 Å². The van der Waals surface area contributed by atoms with Crippen LogP contribution >= 0.6 is 34.5 Å². The third-order valence-electron chi connectivity index (χ3n) is 3.09. The van der Waals surface area contributed by atoms with Crippen LogP contribution in [0.4, 0.5) is 0 Å². The summed E-state index contributed by atoms with van der Waals surface area (Å²) < 4.78 is 0. The maximum absolute atomic E-state index is 6.20. The molecule has 2 aromatic rings. The molecule has 102 valence electrons. The lowest BCUT2D eigenvalue weighted by atomic mass is 10.1. The monoisotopic (exact) mass is 314 g/mol. The zero-order chi connectivity index (χ0) is 14.0. The fourth-order valence-corrected chi connectivity index (χ4v) is 3.60. The number of nitrogens with one attached hydrogen (secondary N) is 1. The minimum atomic E-state index is 0.313. The summed E-state index contributed by atoms with van der Waals surface area (Å²) >= 11 is 14.1. The summed E-state index contributed by atoms with van der Waals surface area (Å²) in [7, 11) is 1.95. The van der Waals surface area contributed by atoms with Gasteiger partial charge < -0.3 is 5.32 Å². The Hall–Kier alpha value is -0.610. The molecule has 0 saturated heterocycles. The molecule has 2 nitrogen and oxygen atoms in total. The van der Waals surface area contributed by atoms with Crippen LogP contribution in [-0.4, -0.2) is 12.0 Å². The first-order valence-electron chi connectivity index (χ1n) is 6.09. The first kappa shape index (κ1) is 14.8. The van der Waals surface area contributed by atoms with Gasteiger partial charge in [-0.3, -0.25) is 0 Å². The first-order chi connectivity index (χ1) is 9.02. The van der Waals surface area contributed by atoms with Crippen molar-refractivity contribution >= 4 is 34.5 Å². The van der Waals surface area contributed by atoms with E-state index in [1.54, 1.807) is 11.3 Å². The highest BCUT2D eigenvalue weighted by Gasteiger charge is 2.15. The molecule has 1 unspecified atom stereocenters. The smallest absolute Gasteiger partial charge is 0.0976 e. The molecule has 0 fully saturated rings. The Bertz CT molecular complexity index is 561. The van der Waals surface area contributed by atoms with Crippen molar-refractivity contribution < 1.29 is 0 Å². The third kappa shape index (κ3) is 3.29. The number of aryl methyl sites for hydroxylation is 1. The van der Waals surface area contributed by atoms with E-state index in [4.69, 9.17) is 23.2 Å². The van der Waals surface area contributed by atoms with Gasteiger partial charge in [0.15, 0.2) is 0 Å². The van der Waals surface area contributed by atoms with Gasteiger partial charge in [-0.25, -0.2) is 4.98 Å². The molecule has 0 aliphatic heterocycles. The van der Waals surface area contributed by atoms with E-state index in [1.165, 1.54) is 4.88 Å². The second-order valence-corrected chi connectivity index (χ2v) is 6.37. The lowest BCUT2D eigenvalue weighted by Crippen LogP contribution is -2.11. The van der Waals surface area contributed by atoms with Crippen molar-refractivity contribution in [3.8, 4) is 0 Å². The van der Waals surface area contributed by atoms with Gasteiger partial charge in [-0.05, 0) is 38.6 Å². The van der Waals surface area contributed by atoms with Gasteiger partial charge in [0.05, 0.1) is 10.7 Å². The lowest BCUT2D eigenvalue weighted by molar-refractivity contribution is 0.658. The molecule has 0 aliphatic rings. The van der Waals surface area contributed by atoms with Crippen LogP contribution in [0.2, 0.25) is 10.0 Å². The molecule has 0 aliphatic carbocycles. The summed E-state index contributed by atoms with van der Waals surface area (Å²) in [5, 5.41) is 5.68. The summed E-state index contributed by atoms with van der Waals surface area (Å²) in [5.74, 6) is 0. The van der Waals surface area contributed by atoms with Gasteiger partial charge in [0.1, 0.15) is 0 Å². The topological polar surface area (TPSA) is 24.9 Å². The number of halogens is 2. The van der Waals surface area contributed by atoms with Gasteiger partial charge in [-0.15, -0.1) is 11.3 Å². The van der Waals surface area contributed by atoms with Gasteiger partial charge in [-0.2, -0.15) is 0 Å². The van der Waals surface area contributed by atoms with E-state index < -0.39 is 0 Å². The Balaban J connectivity index is 2.29. The summed E-state index contributed by atoms with van der Waals surface area (Å²) in [5.41, 5.74) is 2.02. The fourth-order valence-electron chi connectivity index (χ4n) is 1.93. The predicted octanol–water partition coefficient (Wildman–Crippen LogP) is 4.63. The van der Waals surface area contributed by atoms with Crippen molar-refractivity contribution in [3.63, 3.8) is 0 Å². The van der Waals surface area contributed by atoms with Crippen LogP contribution in [0.1, 0.15) is 34.1 Å². The predicted molar refractivity (Wildman–Crippen MR) is 83.6 cm³/mol. The minimum absolute atomic E-state index is 0.313. The van der Waals surface area contributed by atoms with Gasteiger partial charge in [0, 0.05) is 27.4 Å². The van der Waals surface area contributed by atoms with E-state index in [-0.39, 0.29) is 0 Å². The number of hydrogen-bond donors (Lipinski definition) is 1. The summed E-state index contributed by atoms with van der Waals surface area (Å²) in [6.07, 6.45) is 0.681. The van der Waals surface area contributed by atoms with Crippen LogP contribution in [-0.2, 0) is 6.42 Å². The van der Waals surface area contributed by atoms with E-state index in [0.717, 1.165) is 16.3 Å². The van der Waals surface area contributed by atoms with Crippen LogP contribution < -0.4 is 5.32 Å². The number of hydrogen-bond acceptors (Lipinski definition) is 3. The molecule has 2 rings (SSSR count). The average molecular weight is 315 g/mol. The SMILES string of the molecule is CNC(C)c1sc(Cc2c(Cl)cccc2Cl)nc1C. The van der Waals surface area contributed by atoms with E-state index in [2.05, 4.69) is 17.2 Å². The molecule has 1 aromatic carbocycles. The molecule has 1 heterocycles. The number of benzene rings is 1. The largest absolute Gasteiger partial charge is 0.312 e. The number of thiazole rings is 1. The van der Waals surface area contributed by atoms with Gasteiger partial charge in [0.2, 0.25) is 0 Å². The van der Waals surface area contributed by atoms with Crippen LogP contribution in [0.25, 0.3) is 0 Å². The number of rotatable bonds is 4. The zero-order valence-corrected chi connectivity index (χ0v) is 13.5. The van der Waals surface area contributed by atoms with Gasteiger partial charge >= 0.3 is 0 Å². The van der Waals surface area contributed by atoms with Crippen molar-refractivity contribution in [2.24, 2.45) is 0 Å². The third-order valence-corrected chi connectivity index (χ3v) is 5.14. The highest BCUT2D eigenvalue weighted by molar-refractivity contribution is 7.11. The molecule has 5 heteroatoms. The molecule has 19 heavy (non-hydrogen) atoms. The van der Waals surface area contributed by atoms with E-state index in [9.17, 15) is 0 Å². The molecular weight excluding hydrogens is 299 g/mol. The lowest BCUT2D eigenvalue weighted by Gasteiger charge is -2.07. The maximum Gasteiger partial charge on any atom is 0.0976 e. The van der Waals surface area contributed by atoms with Crippen LogP contribution in [0.15, 0.2) is 18.2 Å². The molecule has 1 atom stereocenters. The summed E-state index contributed by atoms with van der Waals surface area (Å²) in [6.45, 7) is 4.17. The Morgan fingerprint density at radius 2 is 1.95 bits per heavy atom. The molecule has 0 spiro atoms.